The van der Waals surface area contributed by atoms with Gasteiger partial charge in [0.05, 0.1) is 10.6 Å². The Morgan fingerprint density at radius 1 is 1.35 bits per heavy atom. The molecule has 0 saturated heterocycles. The SMILES string of the molecule is CCN(CC)C(=O)C(C)NC(=O)c1cc(N)ccc1Cl. The zero-order chi connectivity index (χ0) is 15.3. The molecule has 2 amide bonds. The minimum Gasteiger partial charge on any atom is -0.399 e. The maximum Gasteiger partial charge on any atom is 0.253 e. The van der Waals surface area contributed by atoms with Crippen molar-refractivity contribution < 1.29 is 9.59 Å². The first kappa shape index (κ1) is 16.3. The quantitative estimate of drug-likeness (QED) is 0.815. The van der Waals surface area contributed by atoms with Crippen LogP contribution in [0.5, 0.6) is 0 Å². The second-order valence-corrected chi connectivity index (χ2v) is 4.85. The van der Waals surface area contributed by atoms with Gasteiger partial charge in [-0.25, -0.2) is 0 Å². The number of likely N-dealkylation sites (N-methyl/N-ethyl adjacent to an activating group) is 1. The van der Waals surface area contributed by atoms with Crippen molar-refractivity contribution in [2.45, 2.75) is 26.8 Å². The largest absolute Gasteiger partial charge is 0.399 e. The van der Waals surface area contributed by atoms with Crippen LogP contribution in [-0.4, -0.2) is 35.8 Å². The van der Waals surface area contributed by atoms with Crippen molar-refractivity contribution in [3.8, 4) is 0 Å². The lowest BCUT2D eigenvalue weighted by atomic mass is 10.1. The summed E-state index contributed by atoms with van der Waals surface area (Å²) in [5.74, 6) is -0.529. The average Bonchev–Trinajstić information content (AvgIpc) is 2.42. The molecule has 0 spiro atoms. The van der Waals surface area contributed by atoms with Crippen molar-refractivity contribution in [2.24, 2.45) is 0 Å². The molecule has 0 bridgehead atoms. The van der Waals surface area contributed by atoms with E-state index in [4.69, 9.17) is 17.3 Å². The van der Waals surface area contributed by atoms with Crippen molar-refractivity contribution in [3.05, 3.63) is 28.8 Å². The summed E-state index contributed by atoms with van der Waals surface area (Å²) in [5, 5.41) is 2.95. The van der Waals surface area contributed by atoms with Crippen LogP contribution in [0.2, 0.25) is 5.02 Å². The van der Waals surface area contributed by atoms with Gasteiger partial charge in [0.1, 0.15) is 6.04 Å². The summed E-state index contributed by atoms with van der Waals surface area (Å²) in [5.41, 5.74) is 6.35. The average molecular weight is 298 g/mol. The standard InChI is InChI=1S/C14H20ClN3O2/c1-4-18(5-2)14(20)9(3)17-13(19)11-8-10(16)6-7-12(11)15/h6-9H,4-5,16H2,1-3H3,(H,17,19). The molecule has 20 heavy (non-hydrogen) atoms. The first-order chi connectivity index (χ1) is 9.40. The predicted molar refractivity (Wildman–Crippen MR) is 80.7 cm³/mol. The van der Waals surface area contributed by atoms with E-state index in [9.17, 15) is 9.59 Å². The summed E-state index contributed by atoms with van der Waals surface area (Å²) in [6, 6.07) is 4.05. The minimum atomic E-state index is -0.611. The van der Waals surface area contributed by atoms with Gasteiger partial charge >= 0.3 is 0 Å². The van der Waals surface area contributed by atoms with Crippen LogP contribution in [0.4, 0.5) is 5.69 Å². The van der Waals surface area contributed by atoms with E-state index in [2.05, 4.69) is 5.32 Å². The van der Waals surface area contributed by atoms with Gasteiger partial charge in [-0.1, -0.05) is 11.6 Å². The van der Waals surface area contributed by atoms with Gasteiger partial charge in [0.2, 0.25) is 5.91 Å². The highest BCUT2D eigenvalue weighted by Crippen LogP contribution is 2.18. The fourth-order valence-electron chi connectivity index (χ4n) is 1.86. The van der Waals surface area contributed by atoms with Crippen LogP contribution in [0.25, 0.3) is 0 Å². The second-order valence-electron chi connectivity index (χ2n) is 4.44. The summed E-state index contributed by atoms with van der Waals surface area (Å²) in [6.45, 7) is 6.65. The molecule has 1 atom stereocenters. The Morgan fingerprint density at radius 3 is 2.50 bits per heavy atom. The maximum absolute atomic E-state index is 12.1. The number of hydrogen-bond acceptors (Lipinski definition) is 3. The minimum absolute atomic E-state index is 0.122. The van der Waals surface area contributed by atoms with Gasteiger partial charge in [-0.2, -0.15) is 0 Å². The van der Waals surface area contributed by atoms with Crippen LogP contribution >= 0.6 is 11.6 Å². The first-order valence-corrected chi connectivity index (χ1v) is 6.93. The van der Waals surface area contributed by atoms with Crippen molar-refractivity contribution in [2.75, 3.05) is 18.8 Å². The fraction of sp³-hybridized carbons (Fsp3) is 0.429. The van der Waals surface area contributed by atoms with Gasteiger partial charge in [-0.3, -0.25) is 9.59 Å². The molecule has 110 valence electrons. The summed E-state index contributed by atoms with van der Waals surface area (Å²) in [6.07, 6.45) is 0. The number of benzene rings is 1. The number of halogens is 1. The van der Waals surface area contributed by atoms with Gasteiger partial charge in [-0.05, 0) is 39.0 Å². The number of anilines is 1. The molecule has 1 aromatic rings. The predicted octanol–water partition coefficient (Wildman–Crippen LogP) is 1.91. The Morgan fingerprint density at radius 2 is 1.95 bits per heavy atom. The van der Waals surface area contributed by atoms with E-state index in [-0.39, 0.29) is 11.5 Å². The summed E-state index contributed by atoms with van der Waals surface area (Å²) < 4.78 is 0. The third-order valence-electron chi connectivity index (χ3n) is 3.03. The molecule has 0 fully saturated rings. The lowest BCUT2D eigenvalue weighted by Crippen LogP contribution is -2.46. The highest BCUT2D eigenvalue weighted by molar-refractivity contribution is 6.34. The van der Waals surface area contributed by atoms with Crippen molar-refractivity contribution in [1.29, 1.82) is 0 Å². The molecule has 0 aliphatic carbocycles. The van der Waals surface area contributed by atoms with Crippen molar-refractivity contribution in [3.63, 3.8) is 0 Å². The molecule has 0 saturated carbocycles. The van der Waals surface area contributed by atoms with E-state index in [1.54, 1.807) is 24.0 Å². The second kappa shape index (κ2) is 7.14. The zero-order valence-corrected chi connectivity index (χ0v) is 12.7. The normalized spacial score (nSPS) is 11.8. The van der Waals surface area contributed by atoms with Crippen LogP contribution in [0.1, 0.15) is 31.1 Å². The maximum atomic E-state index is 12.1. The first-order valence-electron chi connectivity index (χ1n) is 6.55. The fourth-order valence-corrected chi connectivity index (χ4v) is 2.07. The molecule has 0 radical (unpaired) electrons. The molecule has 1 aromatic carbocycles. The number of rotatable bonds is 5. The lowest BCUT2D eigenvalue weighted by molar-refractivity contribution is -0.132. The Labute approximate surface area is 124 Å². The molecule has 0 aliphatic rings. The number of amides is 2. The summed E-state index contributed by atoms with van der Waals surface area (Å²) >= 11 is 5.96. The Hall–Kier alpha value is -1.75. The van der Waals surface area contributed by atoms with E-state index < -0.39 is 11.9 Å². The highest BCUT2D eigenvalue weighted by Gasteiger charge is 2.21. The zero-order valence-electron chi connectivity index (χ0n) is 11.9. The van der Waals surface area contributed by atoms with Gasteiger partial charge in [0.25, 0.3) is 5.91 Å². The van der Waals surface area contributed by atoms with E-state index >= 15 is 0 Å². The van der Waals surface area contributed by atoms with Crippen LogP contribution in [-0.2, 0) is 4.79 Å². The number of carbonyl (C=O) groups excluding carboxylic acids is 2. The van der Waals surface area contributed by atoms with Gasteiger partial charge in [-0.15, -0.1) is 0 Å². The van der Waals surface area contributed by atoms with Crippen molar-refractivity contribution >= 4 is 29.1 Å². The number of carbonyl (C=O) groups is 2. The molecule has 5 nitrogen and oxygen atoms in total. The molecule has 0 heterocycles. The van der Waals surface area contributed by atoms with Gasteiger partial charge in [0, 0.05) is 18.8 Å². The number of nitrogen functional groups attached to an aromatic ring is 1. The lowest BCUT2D eigenvalue weighted by Gasteiger charge is -2.23. The smallest absolute Gasteiger partial charge is 0.253 e. The number of hydrogen-bond donors (Lipinski definition) is 2. The number of nitrogens with zero attached hydrogens (tertiary/aromatic N) is 1. The van der Waals surface area contributed by atoms with Crippen LogP contribution < -0.4 is 11.1 Å². The number of nitrogens with one attached hydrogen (secondary N) is 1. The highest BCUT2D eigenvalue weighted by atomic mass is 35.5. The third-order valence-corrected chi connectivity index (χ3v) is 3.36. The molecule has 1 unspecified atom stereocenters. The van der Waals surface area contributed by atoms with Gasteiger partial charge < -0.3 is 16.0 Å². The van der Waals surface area contributed by atoms with E-state index in [0.29, 0.717) is 23.8 Å². The van der Waals surface area contributed by atoms with Crippen LogP contribution in [0, 0.1) is 0 Å². The summed E-state index contributed by atoms with van der Waals surface area (Å²) in [7, 11) is 0. The molecular formula is C14H20ClN3O2. The molecule has 6 heteroatoms. The van der Waals surface area contributed by atoms with E-state index in [1.165, 1.54) is 6.07 Å². The molecule has 1 rings (SSSR count). The van der Waals surface area contributed by atoms with Crippen LogP contribution in [0.3, 0.4) is 0 Å². The Balaban J connectivity index is 2.80. The molecular weight excluding hydrogens is 278 g/mol. The topological polar surface area (TPSA) is 75.4 Å². The molecule has 0 aliphatic heterocycles. The molecule has 3 N–H and O–H groups in total. The third kappa shape index (κ3) is 3.87. The van der Waals surface area contributed by atoms with Crippen molar-refractivity contribution in [1.82, 2.24) is 10.2 Å². The number of nitrogens with two attached hydrogens (primary N) is 1. The van der Waals surface area contributed by atoms with Gasteiger partial charge in [0.15, 0.2) is 0 Å². The Kier molecular flexibility index (Phi) is 5.82. The van der Waals surface area contributed by atoms with Crippen LogP contribution in [0.15, 0.2) is 18.2 Å². The van der Waals surface area contributed by atoms with E-state index in [1.807, 2.05) is 13.8 Å². The Bertz CT molecular complexity index is 501. The van der Waals surface area contributed by atoms with E-state index in [0.717, 1.165) is 0 Å². The molecule has 0 aromatic heterocycles. The summed E-state index contributed by atoms with van der Waals surface area (Å²) in [4.78, 5) is 25.8. The monoisotopic (exact) mass is 297 g/mol.